The lowest BCUT2D eigenvalue weighted by molar-refractivity contribution is -0.138. The highest BCUT2D eigenvalue weighted by Crippen LogP contribution is 2.30. The Morgan fingerprint density at radius 2 is 1.71 bits per heavy atom. The fraction of sp³-hybridized carbons (Fsp3) is 0.150. The molecule has 0 radical (unpaired) electrons. The van der Waals surface area contributed by atoms with E-state index in [-0.39, 0.29) is 23.9 Å². The number of nitrogens with one attached hydrogen (secondary N) is 3. The van der Waals surface area contributed by atoms with Crippen molar-refractivity contribution in [3.05, 3.63) is 65.5 Å². The highest BCUT2D eigenvalue weighted by Gasteiger charge is 2.30. The molecule has 0 aliphatic heterocycles. The molecular formula is C20H17F3N4O4. The van der Waals surface area contributed by atoms with Crippen LogP contribution in [-0.2, 0) is 17.4 Å². The zero-order valence-electron chi connectivity index (χ0n) is 16.1. The summed E-state index contributed by atoms with van der Waals surface area (Å²) in [7, 11) is 0. The van der Waals surface area contributed by atoms with Crippen molar-refractivity contribution in [2.45, 2.75) is 19.5 Å². The smallest absolute Gasteiger partial charge is 0.416 e. The molecule has 2 aromatic carbocycles. The van der Waals surface area contributed by atoms with Gasteiger partial charge in [-0.1, -0.05) is 6.07 Å². The van der Waals surface area contributed by atoms with Crippen LogP contribution in [0.15, 0.2) is 53.1 Å². The predicted molar refractivity (Wildman–Crippen MR) is 106 cm³/mol. The van der Waals surface area contributed by atoms with E-state index in [0.29, 0.717) is 11.4 Å². The fourth-order valence-electron chi connectivity index (χ4n) is 2.58. The molecule has 31 heavy (non-hydrogen) atoms. The van der Waals surface area contributed by atoms with Crippen molar-refractivity contribution in [1.82, 2.24) is 4.98 Å². The van der Waals surface area contributed by atoms with Gasteiger partial charge in [-0.2, -0.15) is 13.2 Å². The van der Waals surface area contributed by atoms with Gasteiger partial charge in [0, 0.05) is 17.1 Å². The molecule has 0 fully saturated rings. The van der Waals surface area contributed by atoms with Crippen molar-refractivity contribution in [3.63, 3.8) is 0 Å². The largest absolute Gasteiger partial charge is 0.481 e. The van der Waals surface area contributed by atoms with E-state index in [0.717, 1.165) is 29.8 Å². The lowest BCUT2D eigenvalue weighted by Crippen LogP contribution is -2.19. The number of carbonyl (C=O) groups excluding carboxylic acids is 1. The van der Waals surface area contributed by atoms with Crippen LogP contribution in [0, 0.1) is 6.92 Å². The van der Waals surface area contributed by atoms with Gasteiger partial charge in [0.2, 0.25) is 0 Å². The zero-order chi connectivity index (χ0) is 22.6. The first kappa shape index (κ1) is 21.7. The molecule has 0 spiro atoms. The topological polar surface area (TPSA) is 116 Å². The maximum Gasteiger partial charge on any atom is 0.416 e. The van der Waals surface area contributed by atoms with Crippen LogP contribution in [0.5, 0.6) is 0 Å². The maximum atomic E-state index is 12.6. The van der Waals surface area contributed by atoms with Crippen LogP contribution in [0.4, 0.5) is 41.0 Å². The Kier molecular flexibility index (Phi) is 6.14. The van der Waals surface area contributed by atoms with Crippen LogP contribution in [0.3, 0.4) is 0 Å². The summed E-state index contributed by atoms with van der Waals surface area (Å²) in [5.74, 6) is -0.873. The Morgan fingerprint density at radius 1 is 1.06 bits per heavy atom. The van der Waals surface area contributed by atoms with Gasteiger partial charge in [-0.15, -0.1) is 0 Å². The second kappa shape index (κ2) is 8.78. The van der Waals surface area contributed by atoms with Gasteiger partial charge >= 0.3 is 18.2 Å². The molecule has 0 saturated carbocycles. The van der Waals surface area contributed by atoms with Crippen LogP contribution in [-0.4, -0.2) is 22.1 Å². The number of aryl methyl sites for hydroxylation is 1. The minimum absolute atomic E-state index is 0.0886. The first-order chi connectivity index (χ1) is 14.6. The molecule has 3 rings (SSSR count). The van der Waals surface area contributed by atoms with E-state index < -0.39 is 23.7 Å². The van der Waals surface area contributed by atoms with Crippen molar-refractivity contribution >= 4 is 35.1 Å². The number of halogens is 3. The van der Waals surface area contributed by atoms with Gasteiger partial charge in [0.15, 0.2) is 0 Å². The van der Waals surface area contributed by atoms with Gasteiger partial charge in [0.05, 0.1) is 11.8 Å². The standard InChI is InChI=1S/C20H17F3N4O4/c1-11-2-5-14(8-16(11)27-19-24-10-15(31-19)9-17(28)29)26-18(30)25-13-6-3-12(4-7-13)20(21,22)23/h2-8,10H,9H2,1H3,(H,24,27)(H,28,29)(H2,25,26,30). The second-order valence-corrected chi connectivity index (χ2v) is 6.51. The molecule has 0 atom stereocenters. The summed E-state index contributed by atoms with van der Waals surface area (Å²) in [6.07, 6.45) is -3.46. The minimum atomic E-state index is -4.46. The van der Waals surface area contributed by atoms with Crippen molar-refractivity contribution in [2.75, 3.05) is 16.0 Å². The number of carboxylic acid groups (broad SMARTS) is 1. The van der Waals surface area contributed by atoms with Gasteiger partial charge < -0.3 is 25.5 Å². The van der Waals surface area contributed by atoms with Crippen molar-refractivity contribution in [3.8, 4) is 0 Å². The summed E-state index contributed by atoms with van der Waals surface area (Å²) in [4.78, 5) is 26.9. The molecule has 2 amide bonds. The molecule has 8 nitrogen and oxygen atoms in total. The Labute approximate surface area is 174 Å². The monoisotopic (exact) mass is 434 g/mol. The molecule has 3 aromatic rings. The highest BCUT2D eigenvalue weighted by atomic mass is 19.4. The molecule has 0 aliphatic carbocycles. The number of hydrogen-bond donors (Lipinski definition) is 4. The van der Waals surface area contributed by atoms with Crippen molar-refractivity contribution in [1.29, 1.82) is 0 Å². The zero-order valence-corrected chi connectivity index (χ0v) is 16.1. The summed E-state index contributed by atoms with van der Waals surface area (Å²) in [6, 6.07) is 8.46. The maximum absolute atomic E-state index is 12.6. The molecule has 11 heteroatoms. The van der Waals surface area contributed by atoms with Gasteiger partial charge in [-0.25, -0.2) is 9.78 Å². The molecular weight excluding hydrogens is 417 g/mol. The normalized spacial score (nSPS) is 11.1. The molecule has 0 saturated heterocycles. The van der Waals surface area contributed by atoms with E-state index in [1.165, 1.54) is 6.20 Å². The number of carboxylic acids is 1. The number of carbonyl (C=O) groups is 2. The van der Waals surface area contributed by atoms with Crippen LogP contribution in [0.2, 0.25) is 0 Å². The Morgan fingerprint density at radius 3 is 2.35 bits per heavy atom. The first-order valence-electron chi connectivity index (χ1n) is 8.89. The average molecular weight is 434 g/mol. The quantitative estimate of drug-likeness (QED) is 0.433. The number of aromatic nitrogens is 1. The number of amides is 2. The molecule has 0 bridgehead atoms. The van der Waals surface area contributed by atoms with Gasteiger partial charge in [-0.3, -0.25) is 4.79 Å². The third kappa shape index (κ3) is 5.98. The Balaban J connectivity index is 1.65. The molecule has 162 valence electrons. The summed E-state index contributed by atoms with van der Waals surface area (Å²) < 4.78 is 43.1. The number of alkyl halides is 3. The van der Waals surface area contributed by atoms with Gasteiger partial charge in [-0.05, 0) is 48.9 Å². The molecule has 1 aromatic heterocycles. The average Bonchev–Trinajstić information content (AvgIpc) is 3.10. The lowest BCUT2D eigenvalue weighted by Gasteiger charge is -2.12. The van der Waals surface area contributed by atoms with E-state index >= 15 is 0 Å². The van der Waals surface area contributed by atoms with Gasteiger partial charge in [0.1, 0.15) is 12.2 Å². The Bertz CT molecular complexity index is 1090. The van der Waals surface area contributed by atoms with E-state index in [9.17, 15) is 22.8 Å². The van der Waals surface area contributed by atoms with E-state index in [4.69, 9.17) is 9.52 Å². The number of nitrogens with zero attached hydrogens (tertiary/aromatic N) is 1. The highest BCUT2D eigenvalue weighted by molar-refractivity contribution is 6.00. The number of oxazole rings is 1. The summed E-state index contributed by atoms with van der Waals surface area (Å²) in [5, 5.41) is 16.7. The van der Waals surface area contributed by atoms with Crippen LogP contribution in [0.25, 0.3) is 0 Å². The third-order valence-corrected chi connectivity index (χ3v) is 4.09. The van der Waals surface area contributed by atoms with E-state index in [1.807, 2.05) is 0 Å². The molecule has 0 unspecified atom stereocenters. The second-order valence-electron chi connectivity index (χ2n) is 6.51. The summed E-state index contributed by atoms with van der Waals surface area (Å²) in [6.45, 7) is 1.80. The molecule has 0 aliphatic rings. The van der Waals surface area contributed by atoms with Crippen molar-refractivity contribution in [2.24, 2.45) is 0 Å². The minimum Gasteiger partial charge on any atom is -0.481 e. The Hall–Kier alpha value is -4.02. The fourth-order valence-corrected chi connectivity index (χ4v) is 2.58. The van der Waals surface area contributed by atoms with Crippen LogP contribution < -0.4 is 16.0 Å². The molecule has 4 N–H and O–H groups in total. The lowest BCUT2D eigenvalue weighted by atomic mass is 10.2. The SMILES string of the molecule is Cc1ccc(NC(=O)Nc2ccc(C(F)(F)F)cc2)cc1Nc1ncc(CC(=O)O)o1. The van der Waals surface area contributed by atoms with Crippen molar-refractivity contribution < 1.29 is 32.3 Å². The van der Waals surface area contributed by atoms with E-state index in [2.05, 4.69) is 20.9 Å². The first-order valence-corrected chi connectivity index (χ1v) is 8.89. The number of aliphatic carboxylic acids is 1. The number of benzene rings is 2. The predicted octanol–water partition coefficient (Wildman–Crippen LogP) is 5.02. The molecule has 1 heterocycles. The number of rotatable bonds is 6. The number of anilines is 4. The summed E-state index contributed by atoms with van der Waals surface area (Å²) in [5.41, 5.74) is 1.13. The summed E-state index contributed by atoms with van der Waals surface area (Å²) >= 11 is 0. The van der Waals surface area contributed by atoms with Crippen LogP contribution in [0.1, 0.15) is 16.9 Å². The van der Waals surface area contributed by atoms with Crippen LogP contribution >= 0.6 is 0 Å². The number of hydrogen-bond acceptors (Lipinski definition) is 5. The van der Waals surface area contributed by atoms with Gasteiger partial charge in [0.25, 0.3) is 6.01 Å². The third-order valence-electron chi connectivity index (χ3n) is 4.09. The number of urea groups is 1. The van der Waals surface area contributed by atoms with E-state index in [1.54, 1.807) is 25.1 Å².